The van der Waals surface area contributed by atoms with E-state index in [1.165, 1.54) is 30.3 Å². The fraction of sp³-hybridized carbons (Fsp3) is 0.102. The van der Waals surface area contributed by atoms with Crippen molar-refractivity contribution in [1.82, 2.24) is 0 Å². The molecule has 8 rings (SSSR count). The Labute approximate surface area is 438 Å². The maximum Gasteiger partial charge on any atom is 0.296 e. The predicted octanol–water partition coefficient (Wildman–Crippen LogP) is 14.0. The van der Waals surface area contributed by atoms with E-state index in [1.807, 2.05) is 0 Å². The molecule has 0 saturated heterocycles. The zero-order valence-electron chi connectivity index (χ0n) is 40.5. The van der Waals surface area contributed by atoms with Gasteiger partial charge in [0.2, 0.25) is 0 Å². The number of phenolic OH excluding ortho intramolecular Hbond substituents is 2. The van der Waals surface area contributed by atoms with E-state index in [0.717, 1.165) is 18.2 Å². The monoisotopic (exact) mass is 1120 g/mol. The van der Waals surface area contributed by atoms with Crippen LogP contribution in [0, 0.1) is 34.6 Å². The molecular weight excluding hydrogens is 1080 g/mol. The average Bonchev–Trinajstić information content (AvgIpc) is 3.35. The summed E-state index contributed by atoms with van der Waals surface area (Å²) in [5.41, 5.74) is 4.92. The molecule has 8 aromatic rings. The normalized spacial score (nSPS) is 13.0. The highest BCUT2D eigenvalue weighted by Crippen LogP contribution is 2.44. The molecule has 24 nitrogen and oxygen atoms in total. The molecule has 0 amide bonds. The summed E-state index contributed by atoms with van der Waals surface area (Å²) >= 11 is 0. The Balaban J connectivity index is 0.973. The van der Waals surface area contributed by atoms with E-state index < -0.39 is 88.0 Å². The van der Waals surface area contributed by atoms with Crippen LogP contribution < -0.4 is 0 Å². The van der Waals surface area contributed by atoms with Crippen LogP contribution in [0.3, 0.4) is 0 Å². The van der Waals surface area contributed by atoms with Gasteiger partial charge in [-0.25, -0.2) is 0 Å². The highest BCUT2D eigenvalue weighted by atomic mass is 32.2. The van der Waals surface area contributed by atoms with Crippen LogP contribution in [0.2, 0.25) is 0 Å². The molecule has 77 heavy (non-hydrogen) atoms. The van der Waals surface area contributed by atoms with Gasteiger partial charge in [-0.1, -0.05) is 0 Å². The third-order valence-corrected chi connectivity index (χ3v) is 15.0. The summed E-state index contributed by atoms with van der Waals surface area (Å²) in [4.78, 5) is -3.55. The molecule has 0 spiro atoms. The van der Waals surface area contributed by atoms with E-state index in [-0.39, 0.29) is 22.2 Å². The zero-order valence-corrected chi connectivity index (χ0v) is 43.8. The third kappa shape index (κ3) is 12.5. The van der Waals surface area contributed by atoms with Crippen molar-refractivity contribution in [2.75, 3.05) is 0 Å². The molecule has 0 unspecified atom stereocenters. The van der Waals surface area contributed by atoms with Gasteiger partial charge in [0.15, 0.2) is 5.75 Å². The van der Waals surface area contributed by atoms with Gasteiger partial charge in [-0.05, 0) is 188 Å². The molecule has 8 aromatic carbocycles. The standard InChI is InChI=1S/C49H40N10O14S4/c1-25-14-33(7-11-39(25)54-52-32-8-12-40(26(2)15-32)55-58-43-24-38-31(21-46(43)76(68,69)70)20-36(74(62,63)64)23-45(38)75(65,66)67)53-56-41-17-28(4)42(18-27(41)3)57-59-48-47(77(71,72)73)22-30-19-35(6-10-37(30)49(48)61)51-50-34-9-13-44(60)29(5)16-34/h6-24,60-61H,1-5H3,(H,62,63,64)(H,65,66,67)(H,68,69,70)(H,71,72,73). The number of nitrogens with zero attached hydrogens (tertiary/aromatic N) is 10. The summed E-state index contributed by atoms with van der Waals surface area (Å²) in [7, 11) is -20.2. The van der Waals surface area contributed by atoms with E-state index in [9.17, 15) is 62.1 Å². The Morgan fingerprint density at radius 2 is 0.740 bits per heavy atom. The van der Waals surface area contributed by atoms with Crippen molar-refractivity contribution in [1.29, 1.82) is 0 Å². The number of rotatable bonds is 14. The Morgan fingerprint density at radius 3 is 1.26 bits per heavy atom. The van der Waals surface area contributed by atoms with Crippen LogP contribution in [0.1, 0.15) is 27.8 Å². The van der Waals surface area contributed by atoms with Crippen LogP contribution in [0.4, 0.5) is 56.9 Å². The van der Waals surface area contributed by atoms with Gasteiger partial charge in [-0.15, -0.1) is 10.2 Å². The molecule has 28 heteroatoms. The van der Waals surface area contributed by atoms with E-state index in [1.54, 1.807) is 89.2 Å². The number of fused-ring (bicyclic) bond motifs is 2. The van der Waals surface area contributed by atoms with E-state index >= 15 is 0 Å². The maximum absolute atomic E-state index is 12.6. The maximum atomic E-state index is 12.6. The van der Waals surface area contributed by atoms with Crippen LogP contribution in [-0.4, -0.2) is 62.1 Å². The van der Waals surface area contributed by atoms with Crippen molar-refractivity contribution >= 4 is 119 Å². The summed E-state index contributed by atoms with van der Waals surface area (Å²) in [5.74, 6) is -0.454. The summed E-state index contributed by atoms with van der Waals surface area (Å²) in [5, 5.41) is 62.7. The van der Waals surface area contributed by atoms with Crippen molar-refractivity contribution in [2.24, 2.45) is 51.1 Å². The molecule has 0 saturated carbocycles. The Hall–Kier alpha value is -8.48. The van der Waals surface area contributed by atoms with Gasteiger partial charge in [-0.3, -0.25) is 18.2 Å². The second-order valence-corrected chi connectivity index (χ2v) is 22.8. The fourth-order valence-electron chi connectivity index (χ4n) is 7.54. The van der Waals surface area contributed by atoms with Crippen LogP contribution in [-0.2, 0) is 40.5 Å². The number of phenols is 2. The number of hydrogen-bond donors (Lipinski definition) is 6. The molecule has 0 aliphatic heterocycles. The minimum atomic E-state index is -5.15. The molecule has 0 fully saturated rings. The molecule has 0 radical (unpaired) electrons. The second kappa shape index (κ2) is 20.9. The number of aromatic hydroxyl groups is 2. The first-order valence-electron chi connectivity index (χ1n) is 22.1. The number of azo groups is 5. The average molecular weight is 1120 g/mol. The molecule has 0 aliphatic carbocycles. The van der Waals surface area contributed by atoms with Crippen molar-refractivity contribution in [3.63, 3.8) is 0 Å². The Kier molecular flexibility index (Phi) is 14.9. The summed E-state index contributed by atoms with van der Waals surface area (Å²) in [6.45, 7) is 8.58. The van der Waals surface area contributed by atoms with Gasteiger partial charge in [0.25, 0.3) is 40.5 Å². The highest BCUT2D eigenvalue weighted by molar-refractivity contribution is 7.87. The van der Waals surface area contributed by atoms with Gasteiger partial charge < -0.3 is 10.2 Å². The first kappa shape index (κ1) is 54.8. The van der Waals surface area contributed by atoms with Crippen molar-refractivity contribution < 1.29 is 62.1 Å². The molecule has 394 valence electrons. The Morgan fingerprint density at radius 1 is 0.325 bits per heavy atom. The third-order valence-electron chi connectivity index (χ3n) is 11.5. The lowest BCUT2D eigenvalue weighted by atomic mass is 10.1. The van der Waals surface area contributed by atoms with Gasteiger partial charge in [0.1, 0.15) is 31.8 Å². The largest absolute Gasteiger partial charge is 0.508 e. The summed E-state index contributed by atoms with van der Waals surface area (Å²) < 4.78 is 137. The molecule has 0 bridgehead atoms. The van der Waals surface area contributed by atoms with Crippen LogP contribution in [0.25, 0.3) is 21.5 Å². The SMILES string of the molecule is Cc1cc(N=Nc2ccc3c(O)c(N=Nc4cc(C)c(N=Nc5ccc(N=Nc6ccc(N=Nc7cc8c(S(=O)(=O)O)cc(S(=O)(=O)O)cc8cc7S(=O)(=O)O)c(C)c6)c(C)c5)cc4C)c(S(=O)(=O)O)cc3c2)ccc1O. The highest BCUT2D eigenvalue weighted by Gasteiger charge is 2.26. The van der Waals surface area contributed by atoms with Gasteiger partial charge in [0, 0.05) is 10.8 Å². The van der Waals surface area contributed by atoms with Crippen molar-refractivity contribution in [3.8, 4) is 11.5 Å². The first-order valence-corrected chi connectivity index (χ1v) is 27.8. The van der Waals surface area contributed by atoms with Gasteiger partial charge >= 0.3 is 0 Å². The van der Waals surface area contributed by atoms with E-state index in [0.29, 0.717) is 79.8 Å². The summed E-state index contributed by atoms with van der Waals surface area (Å²) in [6, 6.07) is 26.1. The first-order chi connectivity index (χ1) is 36.0. The molecular formula is C49H40N10O14S4. The number of benzene rings is 8. The fourth-order valence-corrected chi connectivity index (χ4v) is 10.2. The van der Waals surface area contributed by atoms with Gasteiger partial charge in [0.05, 0.1) is 50.4 Å². The molecule has 0 atom stereocenters. The second-order valence-electron chi connectivity index (χ2n) is 17.2. The van der Waals surface area contributed by atoms with E-state index in [4.69, 9.17) is 0 Å². The lowest BCUT2D eigenvalue weighted by Gasteiger charge is -2.10. The Bertz CT molecular complexity index is 4440. The van der Waals surface area contributed by atoms with Gasteiger partial charge in [-0.2, -0.15) is 74.6 Å². The van der Waals surface area contributed by atoms with Crippen LogP contribution >= 0.6 is 0 Å². The predicted molar refractivity (Wildman–Crippen MR) is 281 cm³/mol. The van der Waals surface area contributed by atoms with Crippen LogP contribution in [0.15, 0.2) is 186 Å². The van der Waals surface area contributed by atoms with Crippen molar-refractivity contribution in [3.05, 3.63) is 143 Å². The number of hydrogen-bond acceptors (Lipinski definition) is 20. The molecule has 0 aromatic heterocycles. The lowest BCUT2D eigenvalue weighted by Crippen LogP contribution is -2.05. The molecule has 0 heterocycles. The summed E-state index contributed by atoms with van der Waals surface area (Å²) in [6.07, 6.45) is 0. The topological polar surface area (TPSA) is 382 Å². The smallest absolute Gasteiger partial charge is 0.296 e. The zero-order chi connectivity index (χ0) is 55.9. The van der Waals surface area contributed by atoms with Crippen LogP contribution in [0.5, 0.6) is 11.5 Å². The minimum Gasteiger partial charge on any atom is -0.508 e. The number of aryl methyl sites for hydroxylation is 5. The minimum absolute atomic E-state index is 0.0989. The lowest BCUT2D eigenvalue weighted by molar-refractivity contribution is 0.471. The molecule has 6 N–H and O–H groups in total. The quantitative estimate of drug-likeness (QED) is 0.0435. The van der Waals surface area contributed by atoms with E-state index in [2.05, 4.69) is 51.1 Å². The molecule has 0 aliphatic rings. The van der Waals surface area contributed by atoms with Crippen molar-refractivity contribution in [2.45, 2.75) is 54.2 Å².